The molecule has 0 radical (unpaired) electrons. The summed E-state index contributed by atoms with van der Waals surface area (Å²) in [6, 6.07) is 16.2. The van der Waals surface area contributed by atoms with E-state index in [-0.39, 0.29) is 17.4 Å². The predicted molar refractivity (Wildman–Crippen MR) is 145 cm³/mol. The second-order valence-electron chi connectivity index (χ2n) is 9.32. The molecule has 0 aliphatic rings. The number of hydrogen-bond acceptors (Lipinski definition) is 7. The molecule has 0 saturated carbocycles. The van der Waals surface area contributed by atoms with Crippen LogP contribution in [0.3, 0.4) is 0 Å². The Morgan fingerprint density at radius 3 is 2.39 bits per heavy atom. The maximum Gasteiger partial charge on any atom is 0.291 e. The summed E-state index contributed by atoms with van der Waals surface area (Å²) in [6.45, 7) is 6.83. The van der Waals surface area contributed by atoms with Gasteiger partial charge in [0, 0.05) is 24.3 Å². The van der Waals surface area contributed by atoms with Crippen LogP contribution in [-0.2, 0) is 6.54 Å². The standard InChI is InChI=1S/C29H35N5O4/c1-19(2)26(33(15-9-14-30)29(36)22-12-13-24(37-4)25(16-22)38-5)27-32-28(35)23(17-31)20(3)34(27)18-21-10-7-6-8-11-21/h6-8,10-13,16,19,26H,9,14-15,18,30H2,1-5H3. The topological polar surface area (TPSA) is 123 Å². The summed E-state index contributed by atoms with van der Waals surface area (Å²) >= 11 is 0. The van der Waals surface area contributed by atoms with E-state index < -0.39 is 11.6 Å². The lowest BCUT2D eigenvalue weighted by atomic mass is 9.98. The van der Waals surface area contributed by atoms with Crippen molar-refractivity contribution < 1.29 is 14.3 Å². The van der Waals surface area contributed by atoms with Gasteiger partial charge in [0.2, 0.25) is 0 Å². The molecule has 1 amide bonds. The molecular formula is C29H35N5O4. The van der Waals surface area contributed by atoms with Crippen LogP contribution in [0.2, 0.25) is 0 Å². The van der Waals surface area contributed by atoms with Gasteiger partial charge in [-0.05, 0) is 49.6 Å². The Balaban J connectivity index is 2.21. The fourth-order valence-electron chi connectivity index (χ4n) is 4.56. The lowest BCUT2D eigenvalue weighted by Crippen LogP contribution is -2.42. The van der Waals surface area contributed by atoms with Crippen molar-refractivity contribution in [3.8, 4) is 17.6 Å². The van der Waals surface area contributed by atoms with E-state index in [0.29, 0.717) is 54.6 Å². The largest absolute Gasteiger partial charge is 0.493 e. The second kappa shape index (κ2) is 12.9. The first kappa shape index (κ1) is 28.4. The molecule has 0 aliphatic carbocycles. The van der Waals surface area contributed by atoms with Gasteiger partial charge in [0.05, 0.1) is 20.3 Å². The number of carbonyl (C=O) groups is 1. The van der Waals surface area contributed by atoms with Crippen LogP contribution < -0.4 is 20.8 Å². The van der Waals surface area contributed by atoms with Crippen molar-refractivity contribution >= 4 is 5.91 Å². The Morgan fingerprint density at radius 1 is 1.13 bits per heavy atom. The number of ether oxygens (including phenoxy) is 2. The summed E-state index contributed by atoms with van der Waals surface area (Å²) in [6.07, 6.45) is 0.556. The SMILES string of the molecule is COc1ccc(C(=O)N(CCCN)C(c2nc(=O)c(C#N)c(C)n2Cc2ccccc2)C(C)C)cc1OC. The molecule has 9 nitrogen and oxygen atoms in total. The van der Waals surface area contributed by atoms with E-state index in [9.17, 15) is 14.9 Å². The van der Waals surface area contributed by atoms with Crippen LogP contribution in [0.1, 0.15) is 59.3 Å². The van der Waals surface area contributed by atoms with Crippen molar-refractivity contribution in [2.75, 3.05) is 27.3 Å². The number of rotatable bonds is 11. The highest BCUT2D eigenvalue weighted by atomic mass is 16.5. The molecule has 3 aromatic rings. The van der Waals surface area contributed by atoms with Crippen LogP contribution in [0, 0.1) is 24.2 Å². The van der Waals surface area contributed by atoms with Crippen LogP contribution in [0.25, 0.3) is 0 Å². The van der Waals surface area contributed by atoms with Gasteiger partial charge in [-0.2, -0.15) is 10.2 Å². The van der Waals surface area contributed by atoms with Crippen molar-refractivity contribution in [2.24, 2.45) is 11.7 Å². The van der Waals surface area contributed by atoms with Gasteiger partial charge in [-0.3, -0.25) is 9.59 Å². The van der Waals surface area contributed by atoms with Gasteiger partial charge in [-0.1, -0.05) is 44.2 Å². The number of nitrogens with zero attached hydrogens (tertiary/aromatic N) is 4. The molecule has 38 heavy (non-hydrogen) atoms. The maximum absolute atomic E-state index is 14.0. The minimum absolute atomic E-state index is 0.00749. The number of amides is 1. The molecule has 0 spiro atoms. The molecule has 1 atom stereocenters. The van der Waals surface area contributed by atoms with E-state index in [1.807, 2.05) is 54.8 Å². The number of methoxy groups -OCH3 is 2. The highest BCUT2D eigenvalue weighted by Gasteiger charge is 2.33. The summed E-state index contributed by atoms with van der Waals surface area (Å²) < 4.78 is 12.6. The second-order valence-corrected chi connectivity index (χ2v) is 9.32. The van der Waals surface area contributed by atoms with E-state index in [1.165, 1.54) is 14.2 Å². The minimum Gasteiger partial charge on any atom is -0.493 e. The summed E-state index contributed by atoms with van der Waals surface area (Å²) in [5.74, 6) is 1.01. The average molecular weight is 518 g/mol. The van der Waals surface area contributed by atoms with Gasteiger partial charge in [0.15, 0.2) is 11.5 Å². The number of nitrogens with two attached hydrogens (primary N) is 1. The average Bonchev–Trinajstić information content (AvgIpc) is 2.92. The number of aromatic nitrogens is 2. The number of hydrogen-bond donors (Lipinski definition) is 1. The number of nitriles is 1. The van der Waals surface area contributed by atoms with Crippen molar-refractivity contribution in [3.05, 3.63) is 87.1 Å². The normalized spacial score (nSPS) is 11.6. The Hall–Kier alpha value is -4.16. The highest BCUT2D eigenvalue weighted by molar-refractivity contribution is 5.95. The Morgan fingerprint density at radius 2 is 1.82 bits per heavy atom. The number of carbonyl (C=O) groups excluding carboxylic acids is 1. The third kappa shape index (κ3) is 6.03. The van der Waals surface area contributed by atoms with Gasteiger partial charge >= 0.3 is 0 Å². The van der Waals surface area contributed by atoms with Gasteiger partial charge in [-0.25, -0.2) is 0 Å². The lowest BCUT2D eigenvalue weighted by Gasteiger charge is -2.36. The molecule has 200 valence electrons. The molecule has 9 heteroatoms. The number of benzene rings is 2. The Labute approximate surface area is 223 Å². The predicted octanol–water partition coefficient (Wildman–Crippen LogP) is 3.68. The van der Waals surface area contributed by atoms with Crippen molar-refractivity contribution in [2.45, 2.75) is 39.8 Å². The third-order valence-electron chi connectivity index (χ3n) is 6.49. The molecule has 1 unspecified atom stereocenters. The maximum atomic E-state index is 14.0. The van der Waals surface area contributed by atoms with Gasteiger partial charge < -0.3 is 24.7 Å². The molecule has 1 heterocycles. The van der Waals surface area contributed by atoms with Gasteiger partial charge in [0.25, 0.3) is 11.5 Å². The fraction of sp³-hybridized carbons (Fsp3) is 0.379. The molecule has 1 aromatic heterocycles. The van der Waals surface area contributed by atoms with E-state index in [4.69, 9.17) is 15.2 Å². The van der Waals surface area contributed by atoms with E-state index in [1.54, 1.807) is 30.0 Å². The van der Waals surface area contributed by atoms with Gasteiger partial charge in [-0.15, -0.1) is 0 Å². The first-order valence-electron chi connectivity index (χ1n) is 12.6. The van der Waals surface area contributed by atoms with Gasteiger partial charge in [0.1, 0.15) is 17.5 Å². The fourth-order valence-corrected chi connectivity index (χ4v) is 4.56. The third-order valence-corrected chi connectivity index (χ3v) is 6.49. The summed E-state index contributed by atoms with van der Waals surface area (Å²) in [7, 11) is 3.05. The minimum atomic E-state index is -0.604. The zero-order chi connectivity index (χ0) is 27.8. The van der Waals surface area contributed by atoms with Crippen LogP contribution in [0.5, 0.6) is 11.5 Å². The molecule has 0 aliphatic heterocycles. The van der Waals surface area contributed by atoms with Crippen molar-refractivity contribution in [1.82, 2.24) is 14.5 Å². The molecule has 0 bridgehead atoms. The van der Waals surface area contributed by atoms with Crippen LogP contribution in [0.4, 0.5) is 0 Å². The monoisotopic (exact) mass is 517 g/mol. The highest BCUT2D eigenvalue weighted by Crippen LogP contribution is 2.33. The van der Waals surface area contributed by atoms with E-state index in [2.05, 4.69) is 4.98 Å². The zero-order valence-electron chi connectivity index (χ0n) is 22.6. The quantitative estimate of drug-likeness (QED) is 0.411. The first-order chi connectivity index (χ1) is 18.3. The Bertz CT molecular complexity index is 1360. The van der Waals surface area contributed by atoms with Crippen molar-refractivity contribution in [1.29, 1.82) is 5.26 Å². The summed E-state index contributed by atoms with van der Waals surface area (Å²) in [5, 5.41) is 9.68. The molecule has 0 fully saturated rings. The molecule has 2 N–H and O–H groups in total. The summed E-state index contributed by atoms with van der Waals surface area (Å²) in [5.41, 5.74) is 7.14. The van der Waals surface area contributed by atoms with E-state index in [0.717, 1.165) is 5.56 Å². The van der Waals surface area contributed by atoms with Crippen LogP contribution in [-0.4, -0.2) is 47.7 Å². The van der Waals surface area contributed by atoms with Crippen molar-refractivity contribution in [3.63, 3.8) is 0 Å². The molecular weight excluding hydrogens is 482 g/mol. The Kier molecular flexibility index (Phi) is 9.63. The smallest absolute Gasteiger partial charge is 0.291 e. The van der Waals surface area contributed by atoms with Crippen LogP contribution >= 0.6 is 0 Å². The lowest BCUT2D eigenvalue weighted by molar-refractivity contribution is 0.0601. The van der Waals surface area contributed by atoms with E-state index >= 15 is 0 Å². The molecule has 3 rings (SSSR count). The first-order valence-corrected chi connectivity index (χ1v) is 12.6. The van der Waals surface area contributed by atoms with Crippen LogP contribution in [0.15, 0.2) is 53.3 Å². The molecule has 0 saturated heterocycles. The summed E-state index contributed by atoms with van der Waals surface area (Å²) in [4.78, 5) is 33.1. The zero-order valence-corrected chi connectivity index (χ0v) is 22.6. The molecule has 2 aromatic carbocycles.